The fourth-order valence-electron chi connectivity index (χ4n) is 1.68. The first-order valence-corrected chi connectivity index (χ1v) is 7.20. The Labute approximate surface area is 132 Å². The molecule has 4 N–H and O–H groups in total. The number of amides is 2. The summed E-state index contributed by atoms with van der Waals surface area (Å²) in [4.78, 5) is 26.7. The third-order valence-corrected chi connectivity index (χ3v) is 3.45. The molecular weight excluding hydrogens is 308 g/mol. The lowest BCUT2D eigenvalue weighted by Gasteiger charge is -2.13. The Hall–Kier alpha value is -2.28. The van der Waals surface area contributed by atoms with Crippen molar-refractivity contribution in [2.75, 3.05) is 18.9 Å². The van der Waals surface area contributed by atoms with Gasteiger partial charge in [0.2, 0.25) is 5.96 Å². The van der Waals surface area contributed by atoms with Gasteiger partial charge in [-0.2, -0.15) is 0 Å². The third kappa shape index (κ3) is 4.63. The summed E-state index contributed by atoms with van der Waals surface area (Å²) in [6.07, 6.45) is 2.29. The summed E-state index contributed by atoms with van der Waals surface area (Å²) in [5, 5.41) is 17.1. The molecule has 118 valence electrons. The van der Waals surface area contributed by atoms with Crippen molar-refractivity contribution >= 4 is 35.2 Å². The van der Waals surface area contributed by atoms with E-state index in [1.165, 1.54) is 25.2 Å². The van der Waals surface area contributed by atoms with Crippen LogP contribution in [0.4, 0.5) is 10.5 Å². The van der Waals surface area contributed by atoms with E-state index in [1.807, 2.05) is 0 Å². The lowest BCUT2D eigenvalue weighted by Crippen LogP contribution is -2.41. The smallest absolute Gasteiger partial charge is 0.335 e. The summed E-state index contributed by atoms with van der Waals surface area (Å²) >= 11 is 6.05. The molecule has 0 atom stereocenters. The highest BCUT2D eigenvalue weighted by Gasteiger charge is 2.21. The van der Waals surface area contributed by atoms with Crippen molar-refractivity contribution in [1.29, 1.82) is 0 Å². The van der Waals surface area contributed by atoms with Crippen LogP contribution in [0.5, 0.6) is 0 Å². The number of carboxylic acid groups (broad SMARTS) is 1. The van der Waals surface area contributed by atoms with Crippen LogP contribution in [-0.2, 0) is 0 Å². The van der Waals surface area contributed by atoms with Gasteiger partial charge in [-0.1, -0.05) is 11.6 Å². The monoisotopic (exact) mass is 324 g/mol. The number of rotatable bonds is 4. The number of hydrogen-bond donors (Lipinski definition) is 4. The molecule has 1 saturated carbocycles. The second kappa shape index (κ2) is 7.13. The lowest BCUT2D eigenvalue weighted by atomic mass is 10.2. The lowest BCUT2D eigenvalue weighted by molar-refractivity contribution is 0.0697. The van der Waals surface area contributed by atoms with Gasteiger partial charge in [0.05, 0.1) is 16.3 Å². The van der Waals surface area contributed by atoms with E-state index < -0.39 is 12.0 Å². The van der Waals surface area contributed by atoms with Crippen molar-refractivity contribution in [2.45, 2.75) is 12.8 Å². The molecular formula is C14H17ClN4O3. The average molecular weight is 325 g/mol. The number of anilines is 1. The van der Waals surface area contributed by atoms with Crippen LogP contribution in [0.1, 0.15) is 23.2 Å². The Balaban J connectivity index is 2.12. The minimum atomic E-state index is -1.06. The van der Waals surface area contributed by atoms with E-state index in [2.05, 4.69) is 20.9 Å². The summed E-state index contributed by atoms with van der Waals surface area (Å²) in [6.45, 7) is 0.622. The molecule has 0 heterocycles. The Morgan fingerprint density at radius 1 is 1.41 bits per heavy atom. The summed E-state index contributed by atoms with van der Waals surface area (Å²) in [7, 11) is 1.50. The van der Waals surface area contributed by atoms with Crippen LogP contribution in [0.2, 0.25) is 5.02 Å². The molecule has 1 aliphatic carbocycles. The molecule has 0 radical (unpaired) electrons. The normalized spacial score (nSPS) is 14.4. The molecule has 7 nitrogen and oxygen atoms in total. The summed E-state index contributed by atoms with van der Waals surface area (Å²) < 4.78 is 0. The number of nitrogens with zero attached hydrogens (tertiary/aromatic N) is 1. The van der Waals surface area contributed by atoms with Crippen molar-refractivity contribution in [3.8, 4) is 0 Å². The van der Waals surface area contributed by atoms with E-state index in [1.54, 1.807) is 0 Å². The molecule has 0 saturated heterocycles. The first-order valence-electron chi connectivity index (χ1n) is 6.82. The summed E-state index contributed by atoms with van der Waals surface area (Å²) in [6, 6.07) is 3.89. The number of urea groups is 1. The van der Waals surface area contributed by atoms with Crippen molar-refractivity contribution in [2.24, 2.45) is 10.9 Å². The number of carbonyl (C=O) groups is 2. The van der Waals surface area contributed by atoms with Gasteiger partial charge in [0.15, 0.2) is 0 Å². The minimum Gasteiger partial charge on any atom is -0.478 e. The van der Waals surface area contributed by atoms with Crippen LogP contribution in [0, 0.1) is 5.92 Å². The second-order valence-corrected chi connectivity index (χ2v) is 5.37. The predicted molar refractivity (Wildman–Crippen MR) is 84.7 cm³/mol. The van der Waals surface area contributed by atoms with Gasteiger partial charge in [0.1, 0.15) is 0 Å². The Bertz CT molecular complexity index is 614. The maximum absolute atomic E-state index is 11.4. The summed E-state index contributed by atoms with van der Waals surface area (Å²) in [5.41, 5.74) is 0.559. The number of benzene rings is 1. The van der Waals surface area contributed by atoms with E-state index >= 15 is 0 Å². The number of halogens is 1. The predicted octanol–water partition coefficient (Wildman–Crippen LogP) is 2.15. The van der Waals surface area contributed by atoms with E-state index in [4.69, 9.17) is 16.7 Å². The number of nitrogens with one attached hydrogen (secondary N) is 3. The van der Waals surface area contributed by atoms with Gasteiger partial charge in [-0.05, 0) is 37.0 Å². The number of aliphatic imine (C=N–C) groups is 1. The van der Waals surface area contributed by atoms with Crippen molar-refractivity contribution < 1.29 is 14.7 Å². The summed E-state index contributed by atoms with van der Waals surface area (Å²) in [5.74, 6) is -0.219. The zero-order chi connectivity index (χ0) is 16.1. The van der Waals surface area contributed by atoms with Crippen LogP contribution in [-0.4, -0.2) is 36.7 Å². The molecule has 1 fully saturated rings. The Kier molecular flexibility index (Phi) is 5.21. The topological polar surface area (TPSA) is 103 Å². The van der Waals surface area contributed by atoms with E-state index in [0.717, 1.165) is 12.8 Å². The fraction of sp³-hybridized carbons (Fsp3) is 0.357. The molecule has 0 aliphatic heterocycles. The number of guanidine groups is 1. The van der Waals surface area contributed by atoms with Crippen molar-refractivity contribution in [3.05, 3.63) is 28.8 Å². The maximum Gasteiger partial charge on any atom is 0.335 e. The zero-order valence-electron chi connectivity index (χ0n) is 12.0. The van der Waals surface area contributed by atoms with Crippen molar-refractivity contribution in [3.63, 3.8) is 0 Å². The van der Waals surface area contributed by atoms with Crippen LogP contribution in [0.15, 0.2) is 23.2 Å². The van der Waals surface area contributed by atoms with Gasteiger partial charge >= 0.3 is 12.0 Å². The molecule has 0 unspecified atom stereocenters. The molecule has 0 spiro atoms. The molecule has 1 aromatic rings. The molecule has 22 heavy (non-hydrogen) atoms. The maximum atomic E-state index is 11.4. The van der Waals surface area contributed by atoms with Crippen LogP contribution in [0.3, 0.4) is 0 Å². The third-order valence-electron chi connectivity index (χ3n) is 3.13. The Morgan fingerprint density at radius 2 is 2.14 bits per heavy atom. The fourth-order valence-corrected chi connectivity index (χ4v) is 1.91. The quantitative estimate of drug-likeness (QED) is 0.503. The van der Waals surface area contributed by atoms with E-state index in [0.29, 0.717) is 18.2 Å². The van der Waals surface area contributed by atoms with Crippen LogP contribution in [0.25, 0.3) is 0 Å². The minimum absolute atomic E-state index is 0.0891. The largest absolute Gasteiger partial charge is 0.478 e. The highest BCUT2D eigenvalue weighted by Crippen LogP contribution is 2.29. The van der Waals surface area contributed by atoms with Gasteiger partial charge in [-0.15, -0.1) is 0 Å². The van der Waals surface area contributed by atoms with Gasteiger partial charge in [-0.25, -0.2) is 9.59 Å². The van der Waals surface area contributed by atoms with Gasteiger partial charge in [0, 0.05) is 13.6 Å². The molecule has 2 amide bonds. The number of carbonyl (C=O) groups excluding carboxylic acids is 1. The number of carboxylic acids is 1. The molecule has 0 aromatic heterocycles. The highest BCUT2D eigenvalue weighted by molar-refractivity contribution is 6.34. The van der Waals surface area contributed by atoms with E-state index in [9.17, 15) is 9.59 Å². The molecule has 0 bridgehead atoms. The van der Waals surface area contributed by atoms with Crippen LogP contribution < -0.4 is 16.0 Å². The zero-order valence-corrected chi connectivity index (χ0v) is 12.8. The van der Waals surface area contributed by atoms with E-state index in [-0.39, 0.29) is 16.5 Å². The molecule has 2 rings (SSSR count). The van der Waals surface area contributed by atoms with Crippen LogP contribution >= 0.6 is 11.6 Å². The first kappa shape index (κ1) is 16.1. The Morgan fingerprint density at radius 3 is 2.68 bits per heavy atom. The van der Waals surface area contributed by atoms with Crippen molar-refractivity contribution in [1.82, 2.24) is 10.6 Å². The number of aromatic carboxylic acids is 1. The van der Waals surface area contributed by atoms with Gasteiger partial charge in [-0.3, -0.25) is 10.3 Å². The van der Waals surface area contributed by atoms with Gasteiger partial charge < -0.3 is 15.7 Å². The van der Waals surface area contributed by atoms with Gasteiger partial charge in [0.25, 0.3) is 0 Å². The molecule has 1 aliphatic rings. The highest BCUT2D eigenvalue weighted by atomic mass is 35.5. The SMILES string of the molecule is CNC(=O)NC(=NCC1CC1)Nc1ccc(C(=O)O)cc1Cl. The number of hydrogen-bond acceptors (Lipinski definition) is 3. The first-order chi connectivity index (χ1) is 10.5. The molecule has 1 aromatic carbocycles. The standard InChI is InChI=1S/C14H17ClN4O3/c1-16-14(22)19-13(17-7-8-2-3-8)18-11-5-4-9(12(20)21)6-10(11)15/h4-6,8H,2-3,7H2,1H3,(H,20,21)(H3,16,17,18,19,22). The molecule has 8 heteroatoms. The second-order valence-electron chi connectivity index (χ2n) is 4.96. The average Bonchev–Trinajstić information content (AvgIpc) is 3.30.